The predicted octanol–water partition coefficient (Wildman–Crippen LogP) is 5.87. The molecule has 6 rings (SSSR count). The van der Waals surface area contributed by atoms with Crippen molar-refractivity contribution in [2.24, 2.45) is 28.8 Å². The van der Waals surface area contributed by atoms with Crippen LogP contribution >= 0.6 is 39.1 Å². The Hall–Kier alpha value is -2.15. The number of rotatable bonds is 5. The van der Waals surface area contributed by atoms with Crippen LogP contribution in [0.3, 0.4) is 0 Å². The highest BCUT2D eigenvalue weighted by molar-refractivity contribution is 9.10. The van der Waals surface area contributed by atoms with Crippen molar-refractivity contribution in [2.75, 3.05) is 0 Å². The van der Waals surface area contributed by atoms with Crippen molar-refractivity contribution < 1.29 is 14.3 Å². The lowest BCUT2D eigenvalue weighted by atomic mass is 9.63. The zero-order valence-electron chi connectivity index (χ0n) is 16.9. The van der Waals surface area contributed by atoms with Crippen molar-refractivity contribution in [1.82, 2.24) is 5.01 Å². The third-order valence-corrected chi connectivity index (χ3v) is 7.62. The lowest BCUT2D eigenvalue weighted by Crippen LogP contribution is -2.38. The Morgan fingerprint density at radius 3 is 2.31 bits per heavy atom. The van der Waals surface area contributed by atoms with Crippen LogP contribution in [0.1, 0.15) is 24.0 Å². The van der Waals surface area contributed by atoms with E-state index in [1.54, 1.807) is 18.2 Å². The smallest absolute Gasteiger partial charge is 0.254 e. The van der Waals surface area contributed by atoms with E-state index < -0.39 is 0 Å². The first-order valence-electron chi connectivity index (χ1n) is 10.4. The fraction of sp³-hybridized carbons (Fsp3) is 0.292. The van der Waals surface area contributed by atoms with E-state index in [0.717, 1.165) is 33.5 Å². The normalized spacial score (nSPS) is 26.3. The zero-order valence-corrected chi connectivity index (χ0v) is 20.0. The van der Waals surface area contributed by atoms with Crippen molar-refractivity contribution in [3.63, 3.8) is 0 Å². The van der Waals surface area contributed by atoms with E-state index in [2.05, 4.69) is 33.2 Å². The molecular weight excluding hydrogens is 515 g/mol. The van der Waals surface area contributed by atoms with Crippen LogP contribution < -0.4 is 4.74 Å². The van der Waals surface area contributed by atoms with Gasteiger partial charge in [0.1, 0.15) is 12.4 Å². The number of hydrogen-bond donors (Lipinski definition) is 0. The van der Waals surface area contributed by atoms with Gasteiger partial charge in [-0.25, -0.2) is 0 Å². The topological polar surface area (TPSA) is 59.0 Å². The van der Waals surface area contributed by atoms with Crippen molar-refractivity contribution in [3.8, 4) is 5.75 Å². The molecule has 0 N–H and O–H groups in total. The average Bonchev–Trinajstić information content (AvgIpc) is 3.05. The van der Waals surface area contributed by atoms with Crippen LogP contribution in [0.4, 0.5) is 0 Å². The largest absolute Gasteiger partial charge is 0.488 e. The van der Waals surface area contributed by atoms with Gasteiger partial charge < -0.3 is 4.74 Å². The summed E-state index contributed by atoms with van der Waals surface area (Å²) in [6.45, 7) is 0.290. The van der Waals surface area contributed by atoms with Crippen LogP contribution in [0, 0.1) is 23.7 Å². The summed E-state index contributed by atoms with van der Waals surface area (Å²) in [5, 5.41) is 6.43. The molecule has 2 aromatic rings. The standard InChI is InChI=1S/C24H19BrCl2N2O3/c25-18-9-13(1-8-20(18)32-12-16-6-7-17(26)10-19(16)27)11-28-29-23(30)21-14-2-3-15(5-4-14)22(21)24(29)31/h1-3,6-11,14-15,21-22H,4-5,12H2/b28-11-/t14-,15-,21-,22-/m0/s1. The van der Waals surface area contributed by atoms with Crippen molar-refractivity contribution in [1.29, 1.82) is 0 Å². The summed E-state index contributed by atoms with van der Waals surface area (Å²) in [5.41, 5.74) is 1.56. The minimum absolute atomic E-state index is 0.154. The van der Waals surface area contributed by atoms with Crippen molar-refractivity contribution >= 4 is 57.2 Å². The second-order valence-electron chi connectivity index (χ2n) is 8.29. The molecule has 2 bridgehead atoms. The SMILES string of the molecule is O=C1[C@@H]2[C@@H](C(=O)N1/N=C\c1ccc(OCc3ccc(Cl)cc3Cl)c(Br)c1)[C@H]1C=C[C@H]2CC1. The number of amides is 2. The number of fused-ring (bicyclic) bond motifs is 1. The van der Waals surface area contributed by atoms with Crippen LogP contribution in [-0.4, -0.2) is 23.0 Å². The van der Waals surface area contributed by atoms with Gasteiger partial charge in [0.05, 0.1) is 22.5 Å². The molecule has 0 aromatic heterocycles. The number of hydrogen-bond acceptors (Lipinski definition) is 4. The Balaban J connectivity index is 1.27. The molecule has 1 heterocycles. The lowest BCUT2D eigenvalue weighted by Gasteiger charge is -2.37. The van der Waals surface area contributed by atoms with Crippen LogP contribution in [-0.2, 0) is 16.2 Å². The average molecular weight is 534 g/mol. The maximum Gasteiger partial charge on any atom is 0.254 e. The molecule has 164 valence electrons. The molecule has 8 heteroatoms. The summed E-state index contributed by atoms with van der Waals surface area (Å²) < 4.78 is 6.58. The van der Waals surface area contributed by atoms with E-state index in [-0.39, 0.29) is 42.1 Å². The summed E-state index contributed by atoms with van der Waals surface area (Å²) in [6, 6.07) is 10.7. The maximum atomic E-state index is 12.9. The molecule has 1 saturated carbocycles. The third-order valence-electron chi connectivity index (χ3n) is 6.41. The Bertz CT molecular complexity index is 1130. The summed E-state index contributed by atoms with van der Waals surface area (Å²) >= 11 is 15.6. The fourth-order valence-corrected chi connectivity index (χ4v) is 5.78. The lowest BCUT2D eigenvalue weighted by molar-refractivity contribution is -0.140. The van der Waals surface area contributed by atoms with Gasteiger partial charge >= 0.3 is 0 Å². The van der Waals surface area contributed by atoms with Gasteiger partial charge in [-0.05, 0) is 76.5 Å². The van der Waals surface area contributed by atoms with E-state index in [9.17, 15) is 9.59 Å². The van der Waals surface area contributed by atoms with Crippen LogP contribution in [0.2, 0.25) is 10.0 Å². The summed E-state index contributed by atoms with van der Waals surface area (Å²) in [7, 11) is 0. The van der Waals surface area contributed by atoms with E-state index >= 15 is 0 Å². The molecule has 4 aliphatic rings. The van der Waals surface area contributed by atoms with Gasteiger partial charge in [0.25, 0.3) is 11.8 Å². The molecule has 1 aliphatic heterocycles. The number of carbonyl (C=O) groups is 2. The quantitative estimate of drug-likeness (QED) is 0.274. The van der Waals surface area contributed by atoms with Gasteiger partial charge in [-0.1, -0.05) is 41.4 Å². The van der Waals surface area contributed by atoms with Gasteiger partial charge in [-0.2, -0.15) is 10.1 Å². The number of imide groups is 1. The number of nitrogens with zero attached hydrogens (tertiary/aromatic N) is 2. The van der Waals surface area contributed by atoms with E-state index in [1.165, 1.54) is 6.21 Å². The number of allylic oxidation sites excluding steroid dienone is 2. The fourth-order valence-electron chi connectivity index (χ4n) is 4.81. The number of hydrazone groups is 1. The van der Waals surface area contributed by atoms with Gasteiger partial charge in [0.2, 0.25) is 0 Å². The molecule has 2 aromatic carbocycles. The molecule has 2 fully saturated rings. The number of ether oxygens (including phenoxy) is 1. The molecule has 32 heavy (non-hydrogen) atoms. The molecule has 2 amide bonds. The highest BCUT2D eigenvalue weighted by Gasteiger charge is 2.56. The monoisotopic (exact) mass is 532 g/mol. The summed E-state index contributed by atoms with van der Waals surface area (Å²) in [5.74, 6) is 0.0532. The van der Waals surface area contributed by atoms with Gasteiger partial charge in [-0.3, -0.25) is 9.59 Å². The molecule has 3 aliphatic carbocycles. The highest BCUT2D eigenvalue weighted by atomic mass is 79.9. The minimum Gasteiger partial charge on any atom is -0.488 e. The Labute approximate surface area is 204 Å². The van der Waals surface area contributed by atoms with E-state index in [1.807, 2.05) is 18.2 Å². The predicted molar refractivity (Wildman–Crippen MR) is 127 cm³/mol. The molecule has 1 saturated heterocycles. The molecule has 4 atom stereocenters. The molecular formula is C24H19BrCl2N2O3. The van der Waals surface area contributed by atoms with Crippen molar-refractivity contribution in [2.45, 2.75) is 19.4 Å². The molecule has 0 spiro atoms. The van der Waals surface area contributed by atoms with Crippen LogP contribution in [0.15, 0.2) is 58.1 Å². The minimum atomic E-state index is -0.259. The second kappa shape index (κ2) is 8.65. The zero-order chi connectivity index (χ0) is 22.4. The summed E-state index contributed by atoms with van der Waals surface area (Å²) in [6.07, 6.45) is 7.66. The van der Waals surface area contributed by atoms with Gasteiger partial charge in [0, 0.05) is 15.6 Å². The summed E-state index contributed by atoms with van der Waals surface area (Å²) in [4.78, 5) is 25.7. The Morgan fingerprint density at radius 1 is 1.03 bits per heavy atom. The van der Waals surface area contributed by atoms with Crippen LogP contribution in [0.5, 0.6) is 5.75 Å². The van der Waals surface area contributed by atoms with Crippen molar-refractivity contribution in [3.05, 3.63) is 74.2 Å². The number of halogens is 3. The first-order chi connectivity index (χ1) is 15.4. The van der Waals surface area contributed by atoms with Crippen LogP contribution in [0.25, 0.3) is 0 Å². The Morgan fingerprint density at radius 2 is 1.72 bits per heavy atom. The second-order valence-corrected chi connectivity index (χ2v) is 9.99. The highest BCUT2D eigenvalue weighted by Crippen LogP contribution is 2.49. The maximum absolute atomic E-state index is 12.9. The number of benzene rings is 2. The molecule has 5 nitrogen and oxygen atoms in total. The van der Waals surface area contributed by atoms with E-state index in [0.29, 0.717) is 15.8 Å². The third kappa shape index (κ3) is 3.89. The number of carbonyl (C=O) groups excluding carboxylic acids is 2. The van der Waals surface area contributed by atoms with E-state index in [4.69, 9.17) is 27.9 Å². The first-order valence-corrected chi connectivity index (χ1v) is 11.9. The van der Waals surface area contributed by atoms with Gasteiger partial charge in [-0.15, -0.1) is 0 Å². The molecule has 0 radical (unpaired) electrons. The molecule has 0 unspecified atom stereocenters. The van der Waals surface area contributed by atoms with Gasteiger partial charge in [0.15, 0.2) is 0 Å². The first kappa shape index (κ1) is 21.7. The Kier molecular flexibility index (Phi) is 5.86.